The Morgan fingerprint density at radius 1 is 1.63 bits per heavy atom. The molecule has 19 heavy (non-hydrogen) atoms. The highest BCUT2D eigenvalue weighted by atomic mass is 16.7. The lowest BCUT2D eigenvalue weighted by Gasteiger charge is -2.31. The predicted molar refractivity (Wildman–Crippen MR) is 60.4 cm³/mol. The van der Waals surface area contributed by atoms with Gasteiger partial charge in [-0.05, 0) is 18.9 Å². The molecule has 8 heteroatoms. The summed E-state index contributed by atoms with van der Waals surface area (Å²) in [6, 6.07) is 3.22. The number of hydrogen-bond donors (Lipinski definition) is 1. The largest absolute Gasteiger partial charge is 0.511 e. The van der Waals surface area contributed by atoms with Gasteiger partial charge in [-0.25, -0.2) is 4.79 Å². The van der Waals surface area contributed by atoms with Gasteiger partial charge in [0.05, 0.1) is 24.0 Å². The minimum absolute atomic E-state index is 0.0459. The molecular formula is C11H13NO7. The Balaban J connectivity index is 2.08. The maximum atomic E-state index is 11.1. The van der Waals surface area contributed by atoms with Crippen LogP contribution in [-0.2, 0) is 4.74 Å². The number of nitrogens with zero attached hydrogens (tertiary/aromatic N) is 1. The first-order valence-electron chi connectivity index (χ1n) is 5.78. The predicted octanol–water partition coefficient (Wildman–Crippen LogP) is 2.27. The lowest BCUT2D eigenvalue weighted by molar-refractivity contribution is -0.628. The fourth-order valence-corrected chi connectivity index (χ4v) is 2.22. The van der Waals surface area contributed by atoms with E-state index in [9.17, 15) is 14.9 Å². The van der Waals surface area contributed by atoms with E-state index in [1.807, 2.05) is 0 Å². The van der Waals surface area contributed by atoms with Crippen molar-refractivity contribution in [3.05, 3.63) is 28.5 Å². The minimum Gasteiger partial charge on any atom is -0.461 e. The Hall–Kier alpha value is -2.25. The second-order valence-corrected chi connectivity index (χ2v) is 4.34. The van der Waals surface area contributed by atoms with E-state index in [4.69, 9.17) is 14.3 Å². The third-order valence-electron chi connectivity index (χ3n) is 3.03. The summed E-state index contributed by atoms with van der Waals surface area (Å²) < 4.78 is 14.9. The van der Waals surface area contributed by atoms with Crippen molar-refractivity contribution in [1.82, 2.24) is 0 Å². The number of ether oxygens (including phenoxy) is 2. The Kier molecular flexibility index (Phi) is 3.59. The van der Waals surface area contributed by atoms with Crippen molar-refractivity contribution >= 4 is 6.16 Å². The van der Waals surface area contributed by atoms with Crippen LogP contribution in [0.15, 0.2) is 22.8 Å². The number of rotatable bonds is 4. The Morgan fingerprint density at radius 2 is 2.42 bits per heavy atom. The second-order valence-electron chi connectivity index (χ2n) is 4.34. The Bertz CT molecular complexity index is 458. The molecule has 1 fully saturated rings. The molecule has 1 saturated carbocycles. The van der Waals surface area contributed by atoms with Crippen molar-refractivity contribution in [3.8, 4) is 5.95 Å². The van der Waals surface area contributed by atoms with E-state index in [1.54, 1.807) is 12.1 Å². The molecule has 2 unspecified atom stereocenters. The SMILES string of the molecule is O=C(O)OC1([N+](=O)[O-])CCCC(Oc2ccco2)C1. The maximum Gasteiger partial charge on any atom is 0.511 e. The van der Waals surface area contributed by atoms with E-state index in [1.165, 1.54) is 6.26 Å². The lowest BCUT2D eigenvalue weighted by atomic mass is 9.89. The maximum absolute atomic E-state index is 11.1. The van der Waals surface area contributed by atoms with E-state index < -0.39 is 22.9 Å². The first kappa shape index (κ1) is 13.2. The average Bonchev–Trinajstić information content (AvgIpc) is 2.81. The van der Waals surface area contributed by atoms with Crippen molar-refractivity contribution in [2.24, 2.45) is 0 Å². The fourth-order valence-electron chi connectivity index (χ4n) is 2.22. The van der Waals surface area contributed by atoms with Crippen LogP contribution >= 0.6 is 0 Å². The van der Waals surface area contributed by atoms with Crippen molar-refractivity contribution in [2.45, 2.75) is 37.5 Å². The van der Waals surface area contributed by atoms with E-state index in [2.05, 4.69) is 4.74 Å². The van der Waals surface area contributed by atoms with Crippen LogP contribution in [0.5, 0.6) is 5.95 Å². The van der Waals surface area contributed by atoms with Crippen LogP contribution < -0.4 is 4.74 Å². The van der Waals surface area contributed by atoms with Crippen LogP contribution in [0.4, 0.5) is 4.79 Å². The fraction of sp³-hybridized carbons (Fsp3) is 0.545. The first-order chi connectivity index (χ1) is 9.02. The molecule has 0 spiro atoms. The third-order valence-corrected chi connectivity index (χ3v) is 3.03. The van der Waals surface area contributed by atoms with Gasteiger partial charge in [-0.1, -0.05) is 0 Å². The standard InChI is InChI=1S/C11H13NO7/c13-10(14)19-11(12(15)16)5-1-3-8(7-11)18-9-4-2-6-17-9/h2,4,6,8H,1,3,5,7H2,(H,13,14). The van der Waals surface area contributed by atoms with E-state index in [0.29, 0.717) is 12.8 Å². The monoisotopic (exact) mass is 271 g/mol. The molecular weight excluding hydrogens is 258 g/mol. The summed E-state index contributed by atoms with van der Waals surface area (Å²) in [6.07, 6.45) is 0.197. The summed E-state index contributed by atoms with van der Waals surface area (Å²) in [5.41, 5.74) is -1.93. The summed E-state index contributed by atoms with van der Waals surface area (Å²) in [4.78, 5) is 21.0. The smallest absolute Gasteiger partial charge is 0.461 e. The molecule has 8 nitrogen and oxygen atoms in total. The van der Waals surface area contributed by atoms with Crippen LogP contribution in [0, 0.1) is 10.1 Å². The zero-order valence-electron chi connectivity index (χ0n) is 9.98. The van der Waals surface area contributed by atoms with Crippen LogP contribution in [0.3, 0.4) is 0 Å². The number of furan rings is 1. The zero-order chi connectivity index (χ0) is 13.9. The summed E-state index contributed by atoms with van der Waals surface area (Å²) in [7, 11) is 0. The van der Waals surface area contributed by atoms with Gasteiger partial charge in [-0.15, -0.1) is 0 Å². The molecule has 2 atom stereocenters. The van der Waals surface area contributed by atoms with Gasteiger partial charge in [-0.2, -0.15) is 0 Å². The molecule has 104 valence electrons. The molecule has 1 aromatic heterocycles. The van der Waals surface area contributed by atoms with Gasteiger partial charge < -0.3 is 19.0 Å². The van der Waals surface area contributed by atoms with Gasteiger partial charge >= 0.3 is 11.9 Å². The molecule has 0 radical (unpaired) electrons. The zero-order valence-corrected chi connectivity index (χ0v) is 9.98. The quantitative estimate of drug-likeness (QED) is 0.387. The average molecular weight is 271 g/mol. The van der Waals surface area contributed by atoms with Gasteiger partial charge in [0.1, 0.15) is 6.10 Å². The van der Waals surface area contributed by atoms with Crippen LogP contribution in [0.2, 0.25) is 0 Å². The molecule has 0 saturated heterocycles. The molecule has 0 amide bonds. The molecule has 1 aliphatic carbocycles. The molecule has 0 bridgehead atoms. The van der Waals surface area contributed by atoms with Crippen molar-refractivity contribution in [1.29, 1.82) is 0 Å². The number of carboxylic acid groups (broad SMARTS) is 1. The topological polar surface area (TPSA) is 112 Å². The summed E-state index contributed by atoms with van der Waals surface area (Å²) in [6.45, 7) is 0. The normalized spacial score (nSPS) is 26.6. The summed E-state index contributed by atoms with van der Waals surface area (Å²) in [5, 5.41) is 19.7. The van der Waals surface area contributed by atoms with Crippen molar-refractivity contribution < 1.29 is 28.7 Å². The van der Waals surface area contributed by atoms with Gasteiger partial charge in [0.15, 0.2) is 0 Å². The van der Waals surface area contributed by atoms with E-state index in [0.717, 1.165) is 0 Å². The minimum atomic E-state index is -1.93. The number of carbonyl (C=O) groups is 1. The number of nitro groups is 1. The van der Waals surface area contributed by atoms with Crippen LogP contribution in [0.25, 0.3) is 0 Å². The molecule has 1 aromatic rings. The molecule has 2 rings (SSSR count). The molecule has 1 aliphatic rings. The van der Waals surface area contributed by atoms with Crippen molar-refractivity contribution in [2.75, 3.05) is 0 Å². The molecule has 1 N–H and O–H groups in total. The van der Waals surface area contributed by atoms with Gasteiger partial charge in [0.2, 0.25) is 0 Å². The van der Waals surface area contributed by atoms with Crippen LogP contribution in [0.1, 0.15) is 25.7 Å². The Labute approximate surface area is 108 Å². The third kappa shape index (κ3) is 2.95. The lowest BCUT2D eigenvalue weighted by Crippen LogP contribution is -2.49. The van der Waals surface area contributed by atoms with Crippen molar-refractivity contribution in [3.63, 3.8) is 0 Å². The highest BCUT2D eigenvalue weighted by Gasteiger charge is 2.52. The first-order valence-corrected chi connectivity index (χ1v) is 5.78. The van der Waals surface area contributed by atoms with Gasteiger partial charge in [0.25, 0.3) is 5.95 Å². The summed E-state index contributed by atoms with van der Waals surface area (Å²) >= 11 is 0. The van der Waals surface area contributed by atoms with Gasteiger partial charge in [-0.3, -0.25) is 10.1 Å². The molecule has 0 aliphatic heterocycles. The highest BCUT2D eigenvalue weighted by molar-refractivity contribution is 5.57. The molecule has 1 heterocycles. The van der Waals surface area contributed by atoms with E-state index in [-0.39, 0.29) is 18.8 Å². The Morgan fingerprint density at radius 3 is 3.00 bits per heavy atom. The highest BCUT2D eigenvalue weighted by Crippen LogP contribution is 2.34. The van der Waals surface area contributed by atoms with Crippen LogP contribution in [-0.4, -0.2) is 28.0 Å². The second kappa shape index (κ2) is 5.17. The van der Waals surface area contributed by atoms with Gasteiger partial charge in [0, 0.05) is 6.07 Å². The molecule has 0 aromatic carbocycles. The van der Waals surface area contributed by atoms with E-state index >= 15 is 0 Å². The summed E-state index contributed by atoms with van der Waals surface area (Å²) in [5.74, 6) is 0.250. The number of hydrogen-bond acceptors (Lipinski definition) is 6.